The molecule has 0 aliphatic rings. The number of rotatable bonds is 3. The van der Waals surface area contributed by atoms with Crippen LogP contribution in [0.1, 0.15) is 34.1 Å². The second-order valence-electron chi connectivity index (χ2n) is 4.01. The molecule has 2 nitrogen and oxygen atoms in total. The Labute approximate surface area is 101 Å². The molecular formula is C15H15NO. The summed E-state index contributed by atoms with van der Waals surface area (Å²) in [5.41, 5.74) is 3.30. The van der Waals surface area contributed by atoms with E-state index in [2.05, 4.69) is 4.98 Å². The number of aryl methyl sites for hydroxylation is 2. The van der Waals surface area contributed by atoms with E-state index in [0.29, 0.717) is 5.69 Å². The van der Waals surface area contributed by atoms with Crippen LogP contribution in [0.3, 0.4) is 0 Å². The molecule has 0 radical (unpaired) electrons. The number of aromatic nitrogens is 1. The fourth-order valence-electron chi connectivity index (χ4n) is 1.88. The maximum atomic E-state index is 12.4. The van der Waals surface area contributed by atoms with E-state index in [9.17, 15) is 4.79 Å². The van der Waals surface area contributed by atoms with E-state index in [0.717, 1.165) is 23.1 Å². The van der Waals surface area contributed by atoms with E-state index < -0.39 is 0 Å². The van der Waals surface area contributed by atoms with Crippen LogP contribution in [0, 0.1) is 6.92 Å². The van der Waals surface area contributed by atoms with Crippen LogP contribution in [0.5, 0.6) is 0 Å². The second kappa shape index (κ2) is 4.91. The molecule has 0 fully saturated rings. The Morgan fingerprint density at radius 1 is 1.18 bits per heavy atom. The lowest BCUT2D eigenvalue weighted by molar-refractivity contribution is 0.103. The van der Waals surface area contributed by atoms with Gasteiger partial charge in [0.05, 0.1) is 0 Å². The molecule has 86 valence electrons. The summed E-state index contributed by atoms with van der Waals surface area (Å²) < 4.78 is 0. The molecule has 0 atom stereocenters. The Balaban J connectivity index is 2.48. The number of carbonyl (C=O) groups is 1. The molecule has 0 spiro atoms. The fourth-order valence-corrected chi connectivity index (χ4v) is 1.88. The van der Waals surface area contributed by atoms with Gasteiger partial charge in [-0.3, -0.25) is 9.78 Å². The lowest BCUT2D eigenvalue weighted by Crippen LogP contribution is -2.09. The molecule has 0 N–H and O–H groups in total. The largest absolute Gasteiger partial charge is 0.287 e. The average molecular weight is 225 g/mol. The molecule has 2 rings (SSSR count). The van der Waals surface area contributed by atoms with Crippen LogP contribution in [0.2, 0.25) is 0 Å². The van der Waals surface area contributed by atoms with E-state index in [1.165, 1.54) is 0 Å². The smallest absolute Gasteiger partial charge is 0.211 e. The van der Waals surface area contributed by atoms with Gasteiger partial charge in [-0.25, -0.2) is 0 Å². The van der Waals surface area contributed by atoms with Crippen molar-refractivity contribution in [1.82, 2.24) is 4.98 Å². The summed E-state index contributed by atoms with van der Waals surface area (Å²) in [6.07, 6.45) is 2.49. The lowest BCUT2D eigenvalue weighted by atomic mass is 9.99. The first-order chi connectivity index (χ1) is 8.24. The summed E-state index contributed by atoms with van der Waals surface area (Å²) in [6.45, 7) is 3.98. The zero-order chi connectivity index (χ0) is 12.3. The van der Waals surface area contributed by atoms with Crippen molar-refractivity contribution < 1.29 is 4.79 Å². The van der Waals surface area contributed by atoms with Gasteiger partial charge in [-0.05, 0) is 30.5 Å². The van der Waals surface area contributed by atoms with Crippen LogP contribution in [-0.4, -0.2) is 10.8 Å². The highest BCUT2D eigenvalue weighted by atomic mass is 16.1. The fraction of sp³-hybridized carbons (Fsp3) is 0.200. The maximum absolute atomic E-state index is 12.4. The topological polar surface area (TPSA) is 30.0 Å². The van der Waals surface area contributed by atoms with Crippen molar-refractivity contribution >= 4 is 5.78 Å². The van der Waals surface area contributed by atoms with Gasteiger partial charge in [0, 0.05) is 11.8 Å². The van der Waals surface area contributed by atoms with Crippen molar-refractivity contribution in [2.75, 3.05) is 0 Å². The summed E-state index contributed by atoms with van der Waals surface area (Å²) in [5.74, 6) is 0.0144. The molecule has 2 aromatic rings. The summed E-state index contributed by atoms with van der Waals surface area (Å²) in [4.78, 5) is 16.6. The van der Waals surface area contributed by atoms with Crippen LogP contribution in [0.25, 0.3) is 0 Å². The number of pyridine rings is 1. The van der Waals surface area contributed by atoms with Crippen LogP contribution >= 0.6 is 0 Å². The normalized spacial score (nSPS) is 10.2. The molecule has 0 bridgehead atoms. The first-order valence-electron chi connectivity index (χ1n) is 5.78. The summed E-state index contributed by atoms with van der Waals surface area (Å²) in [7, 11) is 0. The monoisotopic (exact) mass is 225 g/mol. The quantitative estimate of drug-likeness (QED) is 0.751. The van der Waals surface area contributed by atoms with Gasteiger partial charge >= 0.3 is 0 Å². The molecule has 0 saturated heterocycles. The number of carbonyl (C=O) groups excluding carboxylic acids is 1. The highest BCUT2D eigenvalue weighted by molar-refractivity contribution is 6.09. The van der Waals surface area contributed by atoms with Crippen molar-refractivity contribution in [2.24, 2.45) is 0 Å². The van der Waals surface area contributed by atoms with Gasteiger partial charge in [-0.1, -0.05) is 37.3 Å². The van der Waals surface area contributed by atoms with E-state index in [1.54, 1.807) is 6.20 Å². The summed E-state index contributed by atoms with van der Waals surface area (Å²) in [6, 6.07) is 11.4. The van der Waals surface area contributed by atoms with Crippen molar-refractivity contribution in [3.8, 4) is 0 Å². The average Bonchev–Trinajstić information content (AvgIpc) is 2.38. The SMILES string of the molecule is CCc1cccnc1C(=O)c1ccccc1C. The minimum Gasteiger partial charge on any atom is -0.287 e. The Hall–Kier alpha value is -1.96. The van der Waals surface area contributed by atoms with Crippen LogP contribution < -0.4 is 0 Å². The van der Waals surface area contributed by atoms with Gasteiger partial charge in [0.1, 0.15) is 5.69 Å². The lowest BCUT2D eigenvalue weighted by Gasteiger charge is -2.07. The van der Waals surface area contributed by atoms with Gasteiger partial charge in [0.25, 0.3) is 0 Å². The molecule has 0 aliphatic heterocycles. The van der Waals surface area contributed by atoms with Crippen molar-refractivity contribution in [1.29, 1.82) is 0 Å². The van der Waals surface area contributed by atoms with Crippen LogP contribution in [0.15, 0.2) is 42.6 Å². The van der Waals surface area contributed by atoms with E-state index in [-0.39, 0.29) is 5.78 Å². The standard InChI is InChI=1S/C15H15NO/c1-3-12-8-6-10-16-14(12)15(17)13-9-5-4-7-11(13)2/h4-10H,3H2,1-2H3. The van der Waals surface area contributed by atoms with Gasteiger partial charge in [0.15, 0.2) is 0 Å². The van der Waals surface area contributed by atoms with Gasteiger partial charge in [-0.15, -0.1) is 0 Å². The first kappa shape index (κ1) is 11.5. The highest BCUT2D eigenvalue weighted by Crippen LogP contribution is 2.15. The number of benzene rings is 1. The molecule has 17 heavy (non-hydrogen) atoms. The third-order valence-corrected chi connectivity index (χ3v) is 2.88. The Morgan fingerprint density at radius 3 is 2.65 bits per heavy atom. The zero-order valence-electron chi connectivity index (χ0n) is 10.1. The Morgan fingerprint density at radius 2 is 1.94 bits per heavy atom. The minimum absolute atomic E-state index is 0.0144. The van der Waals surface area contributed by atoms with Crippen LogP contribution in [-0.2, 0) is 6.42 Å². The van der Waals surface area contributed by atoms with Crippen molar-refractivity contribution in [3.05, 3.63) is 65.0 Å². The van der Waals surface area contributed by atoms with E-state index >= 15 is 0 Å². The molecule has 1 heterocycles. The maximum Gasteiger partial charge on any atom is 0.211 e. The molecule has 0 saturated carbocycles. The van der Waals surface area contributed by atoms with Gasteiger partial charge < -0.3 is 0 Å². The molecule has 1 aromatic heterocycles. The molecule has 0 amide bonds. The Kier molecular flexibility index (Phi) is 3.33. The van der Waals surface area contributed by atoms with Crippen LogP contribution in [0.4, 0.5) is 0 Å². The third kappa shape index (κ3) is 2.26. The number of nitrogens with zero attached hydrogens (tertiary/aromatic N) is 1. The van der Waals surface area contributed by atoms with Gasteiger partial charge in [-0.2, -0.15) is 0 Å². The number of ketones is 1. The minimum atomic E-state index is 0.0144. The van der Waals surface area contributed by atoms with Gasteiger partial charge in [0.2, 0.25) is 5.78 Å². The third-order valence-electron chi connectivity index (χ3n) is 2.88. The molecule has 0 unspecified atom stereocenters. The zero-order valence-corrected chi connectivity index (χ0v) is 10.1. The van der Waals surface area contributed by atoms with Crippen molar-refractivity contribution in [3.63, 3.8) is 0 Å². The molecule has 1 aromatic carbocycles. The second-order valence-corrected chi connectivity index (χ2v) is 4.01. The van der Waals surface area contributed by atoms with E-state index in [1.807, 2.05) is 50.2 Å². The molecule has 2 heteroatoms. The number of hydrogen-bond acceptors (Lipinski definition) is 2. The molecule has 0 aliphatic carbocycles. The predicted octanol–water partition coefficient (Wildman–Crippen LogP) is 3.18. The predicted molar refractivity (Wildman–Crippen MR) is 68.2 cm³/mol. The first-order valence-corrected chi connectivity index (χ1v) is 5.78. The van der Waals surface area contributed by atoms with Crippen molar-refractivity contribution in [2.45, 2.75) is 20.3 Å². The summed E-state index contributed by atoms with van der Waals surface area (Å²) in [5, 5.41) is 0. The number of hydrogen-bond donors (Lipinski definition) is 0. The Bertz CT molecular complexity index is 546. The molecular weight excluding hydrogens is 210 g/mol. The highest BCUT2D eigenvalue weighted by Gasteiger charge is 2.15. The summed E-state index contributed by atoms with van der Waals surface area (Å²) >= 11 is 0. The van der Waals surface area contributed by atoms with E-state index in [4.69, 9.17) is 0 Å².